The Bertz CT molecular complexity index is 294. The Morgan fingerprint density at radius 3 is 2.67 bits per heavy atom. The Balaban J connectivity index is 2.81. The minimum absolute atomic E-state index is 0.172. The molecule has 1 heterocycles. The van der Waals surface area contributed by atoms with E-state index in [0.717, 1.165) is 0 Å². The molecule has 0 saturated carbocycles. The number of cyclic esters (lactones) is 1. The standard InChI is InChI=1S/C10H14O5/c1-4-5-6(8(11)12)7-9(13)15-10(2,3)14-7/h4,6-7H,1,5H2,2-3H3,(H,11,12). The molecular weight excluding hydrogens is 200 g/mol. The molecule has 0 spiro atoms. The van der Waals surface area contributed by atoms with E-state index in [1.54, 1.807) is 13.8 Å². The van der Waals surface area contributed by atoms with E-state index in [0.29, 0.717) is 0 Å². The van der Waals surface area contributed by atoms with Crippen LogP contribution in [-0.4, -0.2) is 28.9 Å². The number of carboxylic acid groups (broad SMARTS) is 1. The van der Waals surface area contributed by atoms with Crippen LogP contribution in [0.15, 0.2) is 12.7 Å². The molecule has 1 aliphatic heterocycles. The summed E-state index contributed by atoms with van der Waals surface area (Å²) < 4.78 is 10.1. The molecule has 15 heavy (non-hydrogen) atoms. The summed E-state index contributed by atoms with van der Waals surface area (Å²) in [5.41, 5.74) is 0. The second-order valence-corrected chi connectivity index (χ2v) is 3.83. The van der Waals surface area contributed by atoms with E-state index in [2.05, 4.69) is 6.58 Å². The van der Waals surface area contributed by atoms with E-state index >= 15 is 0 Å². The number of carbonyl (C=O) groups is 2. The number of esters is 1. The summed E-state index contributed by atoms with van der Waals surface area (Å²) in [6.45, 7) is 6.58. The van der Waals surface area contributed by atoms with Crippen molar-refractivity contribution < 1.29 is 24.2 Å². The first-order valence-electron chi connectivity index (χ1n) is 4.62. The quantitative estimate of drug-likeness (QED) is 0.557. The Labute approximate surface area is 87.7 Å². The van der Waals surface area contributed by atoms with Crippen LogP contribution < -0.4 is 0 Å². The molecule has 0 bridgehead atoms. The fraction of sp³-hybridized carbons (Fsp3) is 0.600. The summed E-state index contributed by atoms with van der Waals surface area (Å²) in [5, 5.41) is 8.92. The van der Waals surface area contributed by atoms with E-state index in [9.17, 15) is 9.59 Å². The number of allylic oxidation sites excluding steroid dienone is 1. The van der Waals surface area contributed by atoms with Crippen molar-refractivity contribution in [2.75, 3.05) is 0 Å². The third-order valence-electron chi connectivity index (χ3n) is 2.09. The molecule has 1 N–H and O–H groups in total. The van der Waals surface area contributed by atoms with Gasteiger partial charge >= 0.3 is 11.9 Å². The average Bonchev–Trinajstić information content (AvgIpc) is 2.35. The fourth-order valence-corrected chi connectivity index (χ4v) is 1.46. The molecule has 1 fully saturated rings. The summed E-state index contributed by atoms with van der Waals surface area (Å²) in [6.07, 6.45) is 0.571. The van der Waals surface area contributed by atoms with Crippen LogP contribution in [0.2, 0.25) is 0 Å². The summed E-state index contributed by atoms with van der Waals surface area (Å²) in [4.78, 5) is 22.3. The topological polar surface area (TPSA) is 72.8 Å². The maximum atomic E-state index is 11.4. The maximum absolute atomic E-state index is 11.4. The lowest BCUT2D eigenvalue weighted by atomic mass is 9.99. The van der Waals surface area contributed by atoms with Crippen LogP contribution in [0.3, 0.4) is 0 Å². The number of hydrogen-bond acceptors (Lipinski definition) is 4. The largest absolute Gasteiger partial charge is 0.481 e. The van der Waals surface area contributed by atoms with E-state index in [1.807, 2.05) is 0 Å². The van der Waals surface area contributed by atoms with Gasteiger partial charge in [0.15, 0.2) is 6.10 Å². The van der Waals surface area contributed by atoms with Crippen molar-refractivity contribution in [1.82, 2.24) is 0 Å². The molecular formula is C10H14O5. The van der Waals surface area contributed by atoms with E-state index in [1.165, 1.54) is 6.08 Å². The van der Waals surface area contributed by atoms with Crippen LogP contribution in [0.1, 0.15) is 20.3 Å². The monoisotopic (exact) mass is 214 g/mol. The van der Waals surface area contributed by atoms with Crippen LogP contribution in [0.25, 0.3) is 0 Å². The highest BCUT2D eigenvalue weighted by Gasteiger charge is 2.47. The van der Waals surface area contributed by atoms with Crippen LogP contribution >= 0.6 is 0 Å². The molecule has 84 valence electrons. The SMILES string of the molecule is C=CCC(C(=O)O)C1OC(C)(C)OC1=O. The van der Waals surface area contributed by atoms with Gasteiger partial charge in [-0.15, -0.1) is 6.58 Å². The summed E-state index contributed by atoms with van der Waals surface area (Å²) >= 11 is 0. The van der Waals surface area contributed by atoms with Gasteiger partial charge in [-0.25, -0.2) is 4.79 Å². The molecule has 5 heteroatoms. The fourth-order valence-electron chi connectivity index (χ4n) is 1.46. The van der Waals surface area contributed by atoms with Crippen molar-refractivity contribution in [2.24, 2.45) is 5.92 Å². The summed E-state index contributed by atoms with van der Waals surface area (Å²) in [5.74, 6) is -3.70. The van der Waals surface area contributed by atoms with Gasteiger partial charge < -0.3 is 14.6 Å². The average molecular weight is 214 g/mol. The highest BCUT2D eigenvalue weighted by Crippen LogP contribution is 2.29. The van der Waals surface area contributed by atoms with Crippen LogP contribution in [0.4, 0.5) is 0 Å². The highest BCUT2D eigenvalue weighted by molar-refractivity contribution is 5.84. The van der Waals surface area contributed by atoms with Gasteiger partial charge in [0.05, 0.1) is 5.92 Å². The first-order valence-corrected chi connectivity index (χ1v) is 4.62. The van der Waals surface area contributed by atoms with Crippen LogP contribution in [0, 0.1) is 5.92 Å². The molecule has 0 aromatic heterocycles. The van der Waals surface area contributed by atoms with Crippen LogP contribution in [-0.2, 0) is 19.1 Å². The second-order valence-electron chi connectivity index (χ2n) is 3.83. The van der Waals surface area contributed by atoms with Gasteiger partial charge in [-0.05, 0) is 6.42 Å². The molecule has 0 aliphatic carbocycles. The number of aliphatic carboxylic acids is 1. The molecule has 1 rings (SSSR count). The Kier molecular flexibility index (Phi) is 3.14. The third-order valence-corrected chi connectivity index (χ3v) is 2.09. The minimum atomic E-state index is -1.09. The molecule has 1 saturated heterocycles. The van der Waals surface area contributed by atoms with Gasteiger partial charge in [-0.2, -0.15) is 0 Å². The van der Waals surface area contributed by atoms with Crippen molar-refractivity contribution in [1.29, 1.82) is 0 Å². The van der Waals surface area contributed by atoms with Gasteiger partial charge in [-0.1, -0.05) is 6.08 Å². The number of carboxylic acids is 1. The zero-order chi connectivity index (χ0) is 11.6. The molecule has 2 atom stereocenters. The number of carbonyl (C=O) groups excluding carboxylic acids is 1. The summed E-state index contributed by atoms with van der Waals surface area (Å²) in [6, 6.07) is 0. The van der Waals surface area contributed by atoms with Crippen molar-refractivity contribution in [3.05, 3.63) is 12.7 Å². The van der Waals surface area contributed by atoms with Crippen molar-refractivity contribution in [3.63, 3.8) is 0 Å². The molecule has 1 aliphatic rings. The van der Waals surface area contributed by atoms with Gasteiger partial charge in [0.1, 0.15) is 0 Å². The molecule has 0 amide bonds. The molecule has 2 unspecified atom stereocenters. The second kappa shape index (κ2) is 4.02. The van der Waals surface area contributed by atoms with Gasteiger partial charge in [-0.3, -0.25) is 4.79 Å². The lowest BCUT2D eigenvalue weighted by Crippen LogP contribution is -2.33. The zero-order valence-electron chi connectivity index (χ0n) is 8.73. The number of ether oxygens (including phenoxy) is 2. The van der Waals surface area contributed by atoms with Crippen LogP contribution in [0.5, 0.6) is 0 Å². The minimum Gasteiger partial charge on any atom is -0.481 e. The normalized spacial score (nSPS) is 25.7. The first kappa shape index (κ1) is 11.7. The summed E-state index contributed by atoms with van der Waals surface area (Å²) in [7, 11) is 0. The van der Waals surface area contributed by atoms with Gasteiger partial charge in [0.2, 0.25) is 5.79 Å². The molecule has 0 aromatic carbocycles. The number of hydrogen-bond donors (Lipinski definition) is 1. The van der Waals surface area contributed by atoms with E-state index < -0.39 is 29.7 Å². The van der Waals surface area contributed by atoms with E-state index in [4.69, 9.17) is 14.6 Å². The molecule has 5 nitrogen and oxygen atoms in total. The Morgan fingerprint density at radius 1 is 1.73 bits per heavy atom. The lowest BCUT2D eigenvalue weighted by molar-refractivity contribution is -0.163. The van der Waals surface area contributed by atoms with E-state index in [-0.39, 0.29) is 6.42 Å². The van der Waals surface area contributed by atoms with Crippen molar-refractivity contribution in [3.8, 4) is 0 Å². The van der Waals surface area contributed by atoms with Gasteiger partial charge in [0.25, 0.3) is 0 Å². The first-order chi connectivity index (χ1) is 6.87. The number of rotatable bonds is 4. The van der Waals surface area contributed by atoms with Crippen molar-refractivity contribution in [2.45, 2.75) is 32.2 Å². The third kappa shape index (κ3) is 2.56. The predicted molar refractivity (Wildman–Crippen MR) is 51.0 cm³/mol. The molecule has 0 aromatic rings. The lowest BCUT2D eigenvalue weighted by Gasteiger charge is -2.17. The smallest absolute Gasteiger partial charge is 0.338 e. The highest BCUT2D eigenvalue weighted by atomic mass is 16.8. The van der Waals surface area contributed by atoms with Crippen molar-refractivity contribution >= 4 is 11.9 Å². The Hall–Kier alpha value is -1.36. The van der Waals surface area contributed by atoms with Gasteiger partial charge in [0, 0.05) is 13.8 Å². The predicted octanol–water partition coefficient (Wildman–Crippen LogP) is 0.941. The molecule has 0 radical (unpaired) electrons. The maximum Gasteiger partial charge on any atom is 0.338 e. The zero-order valence-corrected chi connectivity index (χ0v) is 8.73. The Morgan fingerprint density at radius 2 is 2.33 bits per heavy atom.